The maximum absolute atomic E-state index is 4.79. The fourth-order valence-corrected chi connectivity index (χ4v) is 4.03. The Bertz CT molecular complexity index is 792. The molecular weight excluding hydrogens is 266 g/mol. The number of fused-ring (bicyclic) bond motifs is 3. The highest BCUT2D eigenvalue weighted by Gasteiger charge is 2.26. The Hall–Kier alpha value is -1.81. The number of rotatable bonds is 1. The summed E-state index contributed by atoms with van der Waals surface area (Å²) in [7, 11) is 0. The minimum absolute atomic E-state index is 0.435. The molecule has 0 fully saturated rings. The van der Waals surface area contributed by atoms with Crippen LogP contribution in [0, 0.1) is 13.8 Å². The number of hydrogen-bond donors (Lipinski definition) is 1. The van der Waals surface area contributed by atoms with Gasteiger partial charge < -0.3 is 4.57 Å². The molecule has 0 N–H and O–H groups in total. The van der Waals surface area contributed by atoms with Gasteiger partial charge in [-0.15, -0.1) is 11.8 Å². The molecular formula is C16H16N3S. The van der Waals surface area contributed by atoms with Crippen LogP contribution < -0.4 is 0 Å². The van der Waals surface area contributed by atoms with E-state index in [1.54, 1.807) is 0 Å². The van der Waals surface area contributed by atoms with E-state index in [0.29, 0.717) is 5.25 Å². The number of benzene rings is 1. The van der Waals surface area contributed by atoms with Crippen LogP contribution in [0.15, 0.2) is 41.7 Å². The molecule has 0 aliphatic carbocycles. The van der Waals surface area contributed by atoms with Crippen LogP contribution in [0.5, 0.6) is 0 Å². The molecule has 3 heterocycles. The summed E-state index contributed by atoms with van der Waals surface area (Å²) in [6.07, 6.45) is 1.87. The highest BCUT2D eigenvalue weighted by atomic mass is 32.2. The second-order valence-corrected chi connectivity index (χ2v) is 6.63. The predicted molar refractivity (Wildman–Crippen MR) is 83.4 cm³/mol. The summed E-state index contributed by atoms with van der Waals surface area (Å²) < 4.78 is 2.35. The minimum Gasteiger partial charge on any atom is -0.318 e. The molecule has 1 aliphatic rings. The average molecular weight is 282 g/mol. The van der Waals surface area contributed by atoms with Gasteiger partial charge in [-0.05, 0) is 49.2 Å². The number of imidazole rings is 1. The molecule has 0 saturated heterocycles. The second-order valence-electron chi connectivity index (χ2n) is 5.35. The first-order chi connectivity index (χ1) is 9.72. The van der Waals surface area contributed by atoms with Crippen molar-refractivity contribution < 1.29 is 0 Å². The van der Waals surface area contributed by atoms with E-state index in [9.17, 15) is 0 Å². The van der Waals surface area contributed by atoms with Crippen LogP contribution in [0.25, 0.3) is 11.0 Å². The van der Waals surface area contributed by atoms with Crippen molar-refractivity contribution in [1.29, 1.82) is 0 Å². The molecule has 1 aliphatic heterocycles. The van der Waals surface area contributed by atoms with E-state index in [4.69, 9.17) is 4.98 Å². The third-order valence-corrected chi connectivity index (χ3v) is 5.31. The molecule has 3 nitrogen and oxygen atoms in total. The molecule has 0 bridgehead atoms. The highest BCUT2D eigenvalue weighted by molar-refractivity contribution is 7.99. The topological polar surface area (TPSA) is 30.7 Å². The largest absolute Gasteiger partial charge is 0.318 e. The minimum atomic E-state index is 0.435. The number of thiol groups is 1. The molecule has 101 valence electrons. The Labute approximate surface area is 122 Å². The quantitative estimate of drug-likeness (QED) is 0.691. The van der Waals surface area contributed by atoms with E-state index in [0.717, 1.165) is 17.8 Å². The average Bonchev–Trinajstić information content (AvgIpc) is 2.99. The monoisotopic (exact) mass is 282 g/mol. The van der Waals surface area contributed by atoms with Crippen LogP contribution in [0.2, 0.25) is 0 Å². The standard InChI is InChI=1S/C16H16N3S/c1-10-7-13-14(8-11(10)2)19-9-15(20-16(19)18-13)12-5-3-4-6-17-12/h3-8,15,20H,9H2,1-2H3. The predicted octanol–water partition coefficient (Wildman–Crippen LogP) is 3.63. The zero-order valence-corrected chi connectivity index (χ0v) is 12.4. The first kappa shape index (κ1) is 12.0. The van der Waals surface area contributed by atoms with Gasteiger partial charge in [0.1, 0.15) is 0 Å². The SMILES string of the molecule is Cc1cc2nc3n(c2cc1C)CC(c1ccccn1)[SH]3. The first-order valence-electron chi connectivity index (χ1n) is 6.81. The Balaban J connectivity index is 1.78. The summed E-state index contributed by atoms with van der Waals surface area (Å²) in [4.78, 5) is 9.28. The zero-order chi connectivity index (χ0) is 13.7. The number of aryl methyl sites for hydroxylation is 2. The van der Waals surface area contributed by atoms with Crippen LogP contribution >= 0.6 is 11.8 Å². The molecule has 1 atom stereocenters. The molecule has 4 heteroatoms. The smallest absolute Gasteiger partial charge is 0.157 e. The molecule has 0 saturated carbocycles. The molecule has 1 radical (unpaired) electrons. The number of nitrogens with zero attached hydrogens (tertiary/aromatic N) is 3. The van der Waals surface area contributed by atoms with E-state index in [2.05, 4.69) is 47.7 Å². The van der Waals surface area contributed by atoms with Crippen LogP contribution in [0.3, 0.4) is 0 Å². The lowest BCUT2D eigenvalue weighted by atomic mass is 10.1. The van der Waals surface area contributed by atoms with Gasteiger partial charge >= 0.3 is 0 Å². The Morgan fingerprint density at radius 1 is 1.20 bits per heavy atom. The van der Waals surface area contributed by atoms with E-state index >= 15 is 0 Å². The Morgan fingerprint density at radius 2 is 2.05 bits per heavy atom. The van der Waals surface area contributed by atoms with Crippen molar-refractivity contribution in [3.05, 3.63) is 53.3 Å². The Morgan fingerprint density at radius 3 is 2.85 bits per heavy atom. The van der Waals surface area contributed by atoms with Crippen molar-refractivity contribution >= 4 is 22.8 Å². The van der Waals surface area contributed by atoms with Gasteiger partial charge in [0.2, 0.25) is 0 Å². The second kappa shape index (κ2) is 4.35. The number of aromatic nitrogens is 3. The molecule has 4 rings (SSSR count). The molecule has 20 heavy (non-hydrogen) atoms. The molecule has 0 amide bonds. The van der Waals surface area contributed by atoms with Crippen LogP contribution in [0.1, 0.15) is 22.1 Å². The van der Waals surface area contributed by atoms with Gasteiger partial charge in [0.05, 0.1) is 22.0 Å². The van der Waals surface area contributed by atoms with Crippen molar-refractivity contribution in [3.63, 3.8) is 0 Å². The Kier molecular flexibility index (Phi) is 2.60. The van der Waals surface area contributed by atoms with Gasteiger partial charge in [-0.1, -0.05) is 6.07 Å². The van der Waals surface area contributed by atoms with Gasteiger partial charge in [-0.2, -0.15) is 0 Å². The maximum atomic E-state index is 4.79. The van der Waals surface area contributed by atoms with E-state index in [1.807, 2.05) is 12.3 Å². The number of hydrogen-bond acceptors (Lipinski definition) is 2. The van der Waals surface area contributed by atoms with Crippen LogP contribution in [0.4, 0.5) is 0 Å². The summed E-state index contributed by atoms with van der Waals surface area (Å²) >= 11 is 1.27. The van der Waals surface area contributed by atoms with Crippen molar-refractivity contribution in [2.24, 2.45) is 0 Å². The fraction of sp³-hybridized carbons (Fsp3) is 0.250. The molecule has 0 spiro atoms. The highest BCUT2D eigenvalue weighted by Crippen LogP contribution is 2.43. The van der Waals surface area contributed by atoms with Gasteiger partial charge in [0.25, 0.3) is 0 Å². The lowest BCUT2D eigenvalue weighted by Crippen LogP contribution is -2.00. The molecule has 1 unspecified atom stereocenters. The van der Waals surface area contributed by atoms with Gasteiger partial charge in [-0.25, -0.2) is 4.98 Å². The molecule has 2 aromatic heterocycles. The normalized spacial score (nSPS) is 17.6. The summed E-state index contributed by atoms with van der Waals surface area (Å²) in [5.41, 5.74) is 6.19. The van der Waals surface area contributed by atoms with Gasteiger partial charge in [0, 0.05) is 12.7 Å². The third-order valence-electron chi connectivity index (χ3n) is 4.00. The van der Waals surface area contributed by atoms with E-state index in [-0.39, 0.29) is 0 Å². The van der Waals surface area contributed by atoms with Crippen LogP contribution in [-0.2, 0) is 6.54 Å². The molecule has 3 aromatic rings. The van der Waals surface area contributed by atoms with Gasteiger partial charge in [-0.3, -0.25) is 4.98 Å². The zero-order valence-electron chi connectivity index (χ0n) is 11.5. The van der Waals surface area contributed by atoms with Crippen LogP contribution in [-0.4, -0.2) is 14.5 Å². The van der Waals surface area contributed by atoms with Crippen molar-refractivity contribution in [2.45, 2.75) is 30.8 Å². The summed E-state index contributed by atoms with van der Waals surface area (Å²) in [6.45, 7) is 5.29. The summed E-state index contributed by atoms with van der Waals surface area (Å²) in [6, 6.07) is 10.6. The summed E-state index contributed by atoms with van der Waals surface area (Å²) in [5.74, 6) is 0. The fourth-order valence-electron chi connectivity index (χ4n) is 2.73. The maximum Gasteiger partial charge on any atom is 0.157 e. The van der Waals surface area contributed by atoms with E-state index < -0.39 is 0 Å². The van der Waals surface area contributed by atoms with Crippen molar-refractivity contribution in [1.82, 2.24) is 14.5 Å². The summed E-state index contributed by atoms with van der Waals surface area (Å²) in [5, 5.41) is 1.60. The van der Waals surface area contributed by atoms with E-state index in [1.165, 1.54) is 33.6 Å². The van der Waals surface area contributed by atoms with Gasteiger partial charge in [0.15, 0.2) is 5.16 Å². The first-order valence-corrected chi connectivity index (χ1v) is 7.78. The lowest BCUT2D eigenvalue weighted by molar-refractivity contribution is 0.674. The number of pyridine rings is 1. The lowest BCUT2D eigenvalue weighted by Gasteiger charge is -2.08. The van der Waals surface area contributed by atoms with Crippen molar-refractivity contribution in [3.8, 4) is 0 Å². The third kappa shape index (κ3) is 1.75. The van der Waals surface area contributed by atoms with Crippen molar-refractivity contribution in [2.75, 3.05) is 0 Å². The molecule has 1 aromatic carbocycles.